The van der Waals surface area contributed by atoms with Crippen molar-refractivity contribution in [2.45, 2.75) is 12.8 Å². The summed E-state index contributed by atoms with van der Waals surface area (Å²) in [5.41, 5.74) is 5.60. The van der Waals surface area contributed by atoms with Crippen molar-refractivity contribution >= 4 is 21.5 Å². The first-order valence-electron chi connectivity index (χ1n) is 9.88. The van der Waals surface area contributed by atoms with Crippen LogP contribution in [0.4, 0.5) is 0 Å². The van der Waals surface area contributed by atoms with Gasteiger partial charge < -0.3 is 0 Å². The molecule has 0 unspecified atom stereocenters. The monoisotopic (exact) mass is 358 g/mol. The Morgan fingerprint density at radius 1 is 0.321 bits per heavy atom. The van der Waals surface area contributed by atoms with Gasteiger partial charge in [-0.15, -0.1) is 0 Å². The molecule has 0 aliphatic heterocycles. The summed E-state index contributed by atoms with van der Waals surface area (Å²) in [7, 11) is 0. The Bertz CT molecular complexity index is 1150. The van der Waals surface area contributed by atoms with Crippen LogP contribution in [0, 0.1) is 0 Å². The second-order valence-corrected chi connectivity index (χ2v) is 7.40. The zero-order valence-corrected chi connectivity index (χ0v) is 15.8. The molecular weight excluding hydrogens is 336 g/mol. The summed E-state index contributed by atoms with van der Waals surface area (Å²) < 4.78 is 0. The molecule has 0 bridgehead atoms. The molecule has 0 N–H and O–H groups in total. The number of fused-ring (bicyclic) bond motifs is 2. The summed E-state index contributed by atoms with van der Waals surface area (Å²) in [5, 5.41) is 5.33. The fourth-order valence-corrected chi connectivity index (χ4v) is 4.21. The lowest BCUT2D eigenvalue weighted by Crippen LogP contribution is -1.98. The molecule has 0 aromatic heterocycles. The van der Waals surface area contributed by atoms with Gasteiger partial charge in [-0.05, 0) is 56.6 Å². The van der Waals surface area contributed by atoms with Crippen LogP contribution in [0.15, 0.2) is 109 Å². The molecule has 0 heterocycles. The average molecular weight is 358 g/mol. The molecule has 0 aliphatic carbocycles. The Labute approximate surface area is 166 Å². The summed E-state index contributed by atoms with van der Waals surface area (Å²) >= 11 is 0. The average Bonchev–Trinajstić information content (AvgIpc) is 2.76. The van der Waals surface area contributed by atoms with E-state index in [1.165, 1.54) is 43.8 Å². The van der Waals surface area contributed by atoms with Crippen molar-refractivity contribution in [2.75, 3.05) is 0 Å². The fraction of sp³-hybridized carbons (Fsp3) is 0.0714. The Hall–Kier alpha value is -3.38. The lowest BCUT2D eigenvalue weighted by molar-refractivity contribution is 1.11. The van der Waals surface area contributed by atoms with Gasteiger partial charge in [0.1, 0.15) is 0 Å². The number of benzene rings is 5. The van der Waals surface area contributed by atoms with Gasteiger partial charge in [-0.3, -0.25) is 0 Å². The summed E-state index contributed by atoms with van der Waals surface area (Å²) in [6, 6.07) is 39.5. The van der Waals surface area contributed by atoms with Gasteiger partial charge in [0.2, 0.25) is 0 Å². The molecule has 0 fully saturated rings. The molecule has 0 saturated carbocycles. The van der Waals surface area contributed by atoms with Gasteiger partial charge in [0.15, 0.2) is 0 Å². The Balaban J connectivity index is 1.54. The van der Waals surface area contributed by atoms with Crippen molar-refractivity contribution in [3.8, 4) is 0 Å². The first-order valence-corrected chi connectivity index (χ1v) is 9.88. The zero-order valence-electron chi connectivity index (χ0n) is 15.8. The van der Waals surface area contributed by atoms with E-state index in [1.54, 1.807) is 0 Å². The molecule has 0 atom stereocenters. The van der Waals surface area contributed by atoms with Crippen molar-refractivity contribution in [1.82, 2.24) is 0 Å². The molecule has 0 heteroatoms. The summed E-state index contributed by atoms with van der Waals surface area (Å²) in [5.74, 6) is 0. The SMILES string of the molecule is c1ccc(Cc2cccc3ccccc23)c(Cc2cccc3ccccc23)c1. The molecule has 0 nitrogen and oxygen atoms in total. The van der Waals surface area contributed by atoms with Crippen molar-refractivity contribution in [3.05, 3.63) is 131 Å². The van der Waals surface area contributed by atoms with Crippen LogP contribution < -0.4 is 0 Å². The summed E-state index contributed by atoms with van der Waals surface area (Å²) in [6.45, 7) is 0. The summed E-state index contributed by atoms with van der Waals surface area (Å²) in [4.78, 5) is 0. The highest BCUT2D eigenvalue weighted by atomic mass is 14.1. The molecule has 0 aliphatic rings. The van der Waals surface area contributed by atoms with Gasteiger partial charge in [0.25, 0.3) is 0 Å². The Morgan fingerprint density at radius 3 is 1.18 bits per heavy atom. The van der Waals surface area contributed by atoms with E-state index in [-0.39, 0.29) is 0 Å². The highest BCUT2D eigenvalue weighted by molar-refractivity contribution is 5.87. The van der Waals surface area contributed by atoms with Crippen molar-refractivity contribution in [3.63, 3.8) is 0 Å². The number of rotatable bonds is 4. The molecule has 0 saturated heterocycles. The predicted octanol–water partition coefficient (Wildman–Crippen LogP) is 7.17. The van der Waals surface area contributed by atoms with Crippen molar-refractivity contribution in [2.24, 2.45) is 0 Å². The first kappa shape index (κ1) is 16.8. The van der Waals surface area contributed by atoms with E-state index >= 15 is 0 Å². The second-order valence-electron chi connectivity index (χ2n) is 7.40. The van der Waals surface area contributed by atoms with Gasteiger partial charge >= 0.3 is 0 Å². The molecule has 5 rings (SSSR count). The van der Waals surface area contributed by atoms with Gasteiger partial charge in [-0.25, -0.2) is 0 Å². The van der Waals surface area contributed by atoms with Gasteiger partial charge in [-0.2, -0.15) is 0 Å². The van der Waals surface area contributed by atoms with Crippen LogP contribution in [0.5, 0.6) is 0 Å². The Kier molecular flexibility index (Phi) is 4.39. The van der Waals surface area contributed by atoms with Gasteiger partial charge in [0.05, 0.1) is 0 Å². The maximum Gasteiger partial charge on any atom is -0.00168 e. The molecule has 0 spiro atoms. The van der Waals surface area contributed by atoms with E-state index in [0.717, 1.165) is 12.8 Å². The zero-order chi connectivity index (χ0) is 18.8. The van der Waals surface area contributed by atoms with Crippen LogP contribution in [0.1, 0.15) is 22.3 Å². The molecule has 0 radical (unpaired) electrons. The van der Waals surface area contributed by atoms with E-state index in [4.69, 9.17) is 0 Å². The van der Waals surface area contributed by atoms with Crippen LogP contribution in [0.2, 0.25) is 0 Å². The standard InChI is InChI=1S/C28H22/c1-2-12-24(20-26-16-8-14-22-10-4-6-18-28(22)26)23(11-1)19-25-15-7-13-21-9-3-5-17-27(21)25/h1-18H,19-20H2. The molecule has 5 aromatic carbocycles. The summed E-state index contributed by atoms with van der Waals surface area (Å²) in [6.07, 6.45) is 1.92. The van der Waals surface area contributed by atoms with Crippen LogP contribution >= 0.6 is 0 Å². The third-order valence-electron chi connectivity index (χ3n) is 5.64. The predicted molar refractivity (Wildman–Crippen MR) is 120 cm³/mol. The van der Waals surface area contributed by atoms with E-state index < -0.39 is 0 Å². The largest absolute Gasteiger partial charge is 0.0620 e. The van der Waals surface area contributed by atoms with Crippen LogP contribution in [-0.2, 0) is 12.8 Å². The fourth-order valence-electron chi connectivity index (χ4n) is 4.21. The third kappa shape index (κ3) is 3.18. The lowest BCUT2D eigenvalue weighted by Gasteiger charge is -2.13. The van der Waals surface area contributed by atoms with E-state index in [9.17, 15) is 0 Å². The van der Waals surface area contributed by atoms with Crippen LogP contribution in [0.25, 0.3) is 21.5 Å². The number of hydrogen-bond acceptors (Lipinski definition) is 0. The highest BCUT2D eigenvalue weighted by Crippen LogP contribution is 2.26. The van der Waals surface area contributed by atoms with Crippen molar-refractivity contribution < 1.29 is 0 Å². The van der Waals surface area contributed by atoms with E-state index in [0.29, 0.717) is 0 Å². The van der Waals surface area contributed by atoms with Crippen LogP contribution in [0.3, 0.4) is 0 Å². The first-order chi connectivity index (χ1) is 13.9. The molecule has 134 valence electrons. The van der Waals surface area contributed by atoms with Crippen LogP contribution in [-0.4, -0.2) is 0 Å². The highest BCUT2D eigenvalue weighted by Gasteiger charge is 2.08. The normalized spacial score (nSPS) is 11.1. The maximum absolute atomic E-state index is 2.28. The van der Waals surface area contributed by atoms with E-state index in [2.05, 4.69) is 109 Å². The molecule has 5 aromatic rings. The topological polar surface area (TPSA) is 0 Å². The third-order valence-corrected chi connectivity index (χ3v) is 5.64. The van der Waals surface area contributed by atoms with E-state index in [1.807, 2.05) is 0 Å². The van der Waals surface area contributed by atoms with Gasteiger partial charge in [0, 0.05) is 0 Å². The second kappa shape index (κ2) is 7.32. The lowest BCUT2D eigenvalue weighted by atomic mass is 9.91. The molecule has 28 heavy (non-hydrogen) atoms. The maximum atomic E-state index is 2.28. The Morgan fingerprint density at radius 2 is 0.679 bits per heavy atom. The van der Waals surface area contributed by atoms with Gasteiger partial charge in [-0.1, -0.05) is 109 Å². The minimum absolute atomic E-state index is 0.961. The minimum Gasteiger partial charge on any atom is -0.0620 e. The minimum atomic E-state index is 0.961. The quantitative estimate of drug-likeness (QED) is 0.319. The molecular formula is C28H22. The van der Waals surface area contributed by atoms with Crippen molar-refractivity contribution in [1.29, 1.82) is 0 Å². The smallest absolute Gasteiger partial charge is 0.00168 e. The number of hydrogen-bond donors (Lipinski definition) is 0. The molecule has 0 amide bonds.